The van der Waals surface area contributed by atoms with Crippen LogP contribution >= 0.6 is 11.8 Å². The molecular weight excluding hydrogens is 581 g/mol. The molecule has 1 heterocycles. The molecule has 0 radical (unpaired) electrons. The topological polar surface area (TPSA) is 97.4 Å². The van der Waals surface area contributed by atoms with E-state index in [0.717, 1.165) is 33.7 Å². The number of anilines is 1. The molecule has 4 rings (SSSR count). The van der Waals surface area contributed by atoms with Crippen LogP contribution in [0.25, 0.3) is 17.1 Å². The number of thioether (sulfide) groups is 1. The van der Waals surface area contributed by atoms with E-state index in [-0.39, 0.29) is 12.4 Å². The van der Waals surface area contributed by atoms with E-state index in [9.17, 15) is 18.3 Å². The molecule has 0 saturated heterocycles. The van der Waals surface area contributed by atoms with Gasteiger partial charge in [0.2, 0.25) is 0 Å². The standard InChI is InChI=1S/C30H31F3N6O3S/c1-5-38(27-20(2)16-26(41-4)17-21(27)3)29(43-15-14-40)36-35-18-22-6-8-23(9-7-22)28-34-19-39(37-28)24-10-12-25(13-11-24)42-30(31,32)33/h6-13,16-19,40H,5,14-15H2,1-4H3/b35-18+,36-29-. The lowest BCUT2D eigenvalue weighted by Crippen LogP contribution is -2.30. The first-order valence-electron chi connectivity index (χ1n) is 13.3. The predicted octanol–water partition coefficient (Wildman–Crippen LogP) is 6.40. The van der Waals surface area contributed by atoms with Crippen molar-refractivity contribution < 1.29 is 27.8 Å². The minimum absolute atomic E-state index is 0.00851. The van der Waals surface area contributed by atoms with Crippen LogP contribution < -0.4 is 14.4 Å². The lowest BCUT2D eigenvalue weighted by atomic mass is 10.1. The Bertz CT molecular complexity index is 1550. The van der Waals surface area contributed by atoms with Crippen LogP contribution in [0.4, 0.5) is 18.9 Å². The van der Waals surface area contributed by atoms with Gasteiger partial charge in [-0.25, -0.2) is 9.67 Å². The Kier molecular flexibility index (Phi) is 10.4. The number of benzene rings is 3. The summed E-state index contributed by atoms with van der Waals surface area (Å²) in [5.74, 6) is 1.39. The van der Waals surface area contributed by atoms with Crippen LogP contribution in [-0.4, -0.2) is 63.6 Å². The lowest BCUT2D eigenvalue weighted by Gasteiger charge is -2.27. The fourth-order valence-electron chi connectivity index (χ4n) is 4.33. The zero-order chi connectivity index (χ0) is 31.0. The van der Waals surface area contributed by atoms with E-state index < -0.39 is 6.36 Å². The zero-order valence-corrected chi connectivity index (χ0v) is 24.9. The van der Waals surface area contributed by atoms with Crippen molar-refractivity contribution in [3.05, 3.63) is 83.7 Å². The number of nitrogens with zero attached hydrogens (tertiary/aromatic N) is 6. The Morgan fingerprint density at radius 1 is 1.05 bits per heavy atom. The fraction of sp³-hybridized carbons (Fsp3) is 0.267. The van der Waals surface area contributed by atoms with Gasteiger partial charge in [0.1, 0.15) is 17.8 Å². The Hall–Kier alpha value is -4.36. The number of rotatable bonds is 10. The first-order valence-corrected chi connectivity index (χ1v) is 14.3. The maximum Gasteiger partial charge on any atom is 0.573 e. The third-order valence-corrected chi connectivity index (χ3v) is 7.13. The van der Waals surface area contributed by atoms with Crippen molar-refractivity contribution in [3.8, 4) is 28.6 Å². The van der Waals surface area contributed by atoms with E-state index in [4.69, 9.17) is 4.74 Å². The number of aromatic nitrogens is 3. The molecule has 0 atom stereocenters. The molecule has 226 valence electrons. The Morgan fingerprint density at radius 3 is 2.30 bits per heavy atom. The van der Waals surface area contributed by atoms with Crippen LogP contribution in [0.3, 0.4) is 0 Å². The number of alkyl halides is 3. The minimum atomic E-state index is -4.75. The number of aliphatic hydroxyl groups excluding tert-OH is 1. The minimum Gasteiger partial charge on any atom is -0.497 e. The molecule has 0 amide bonds. The molecule has 0 aliphatic heterocycles. The van der Waals surface area contributed by atoms with Gasteiger partial charge in [0.15, 0.2) is 11.0 Å². The van der Waals surface area contributed by atoms with E-state index in [2.05, 4.69) is 29.9 Å². The molecule has 0 aliphatic carbocycles. The van der Waals surface area contributed by atoms with Crippen molar-refractivity contribution >= 4 is 28.8 Å². The van der Waals surface area contributed by atoms with Crippen molar-refractivity contribution in [3.63, 3.8) is 0 Å². The highest BCUT2D eigenvalue weighted by Gasteiger charge is 2.31. The predicted molar refractivity (Wildman–Crippen MR) is 164 cm³/mol. The van der Waals surface area contributed by atoms with Crippen LogP contribution in [0, 0.1) is 13.8 Å². The molecule has 0 bridgehead atoms. The highest BCUT2D eigenvalue weighted by atomic mass is 32.2. The quantitative estimate of drug-likeness (QED) is 0.126. The summed E-state index contributed by atoms with van der Waals surface area (Å²) in [7, 11) is 1.64. The Morgan fingerprint density at radius 2 is 1.72 bits per heavy atom. The van der Waals surface area contributed by atoms with Crippen molar-refractivity contribution in [2.75, 3.05) is 30.9 Å². The average Bonchev–Trinajstić information content (AvgIpc) is 3.47. The molecule has 43 heavy (non-hydrogen) atoms. The Balaban J connectivity index is 1.49. The van der Waals surface area contributed by atoms with E-state index in [1.807, 2.05) is 57.2 Å². The normalized spacial score (nSPS) is 12.1. The highest BCUT2D eigenvalue weighted by molar-refractivity contribution is 8.14. The number of halogens is 3. The third-order valence-electron chi connectivity index (χ3n) is 6.19. The van der Waals surface area contributed by atoms with E-state index in [1.165, 1.54) is 47.0 Å². The Labute approximate surface area is 251 Å². The van der Waals surface area contributed by atoms with E-state index in [1.54, 1.807) is 13.3 Å². The molecule has 0 unspecified atom stereocenters. The lowest BCUT2D eigenvalue weighted by molar-refractivity contribution is -0.274. The van der Waals surface area contributed by atoms with E-state index >= 15 is 0 Å². The summed E-state index contributed by atoms with van der Waals surface area (Å²) in [6.07, 6.45) is -1.63. The van der Waals surface area contributed by atoms with Gasteiger partial charge in [0.25, 0.3) is 0 Å². The summed E-state index contributed by atoms with van der Waals surface area (Å²) in [5, 5.41) is 23.4. The summed E-state index contributed by atoms with van der Waals surface area (Å²) in [5.41, 5.74) is 5.19. The molecule has 0 fully saturated rings. The molecule has 9 nitrogen and oxygen atoms in total. The van der Waals surface area contributed by atoms with Crippen LogP contribution in [0.1, 0.15) is 23.6 Å². The van der Waals surface area contributed by atoms with Gasteiger partial charge in [-0.15, -0.1) is 23.4 Å². The summed E-state index contributed by atoms with van der Waals surface area (Å²) in [6, 6.07) is 16.7. The van der Waals surface area contributed by atoms with Gasteiger partial charge in [0, 0.05) is 23.5 Å². The molecule has 4 aromatic rings. The molecule has 1 aromatic heterocycles. The smallest absolute Gasteiger partial charge is 0.497 e. The van der Waals surface area contributed by atoms with Crippen LogP contribution in [0.2, 0.25) is 0 Å². The monoisotopic (exact) mass is 612 g/mol. The third kappa shape index (κ3) is 8.36. The summed E-state index contributed by atoms with van der Waals surface area (Å²) >= 11 is 1.42. The SMILES string of the molecule is CCN(/C(=N/N=C/c1ccc(-c2ncn(-c3ccc(OC(F)(F)F)cc3)n2)cc1)SCCO)c1c(C)cc(OC)cc1C. The van der Waals surface area contributed by atoms with Gasteiger partial charge in [-0.1, -0.05) is 36.0 Å². The summed E-state index contributed by atoms with van der Waals surface area (Å²) in [6.45, 7) is 6.74. The first-order chi connectivity index (χ1) is 20.6. The van der Waals surface area contributed by atoms with Crippen LogP contribution in [0.15, 0.2) is 77.2 Å². The van der Waals surface area contributed by atoms with Gasteiger partial charge in [-0.2, -0.15) is 5.10 Å². The van der Waals surface area contributed by atoms with Gasteiger partial charge >= 0.3 is 6.36 Å². The van der Waals surface area contributed by atoms with Gasteiger partial charge < -0.3 is 19.5 Å². The molecule has 3 aromatic carbocycles. The molecule has 1 N–H and O–H groups in total. The molecular formula is C30H31F3N6O3S. The number of methoxy groups -OCH3 is 1. The number of ether oxygens (including phenoxy) is 2. The first kappa shape index (κ1) is 31.6. The second kappa shape index (κ2) is 14.2. The van der Waals surface area contributed by atoms with Crippen molar-refractivity contribution in [1.29, 1.82) is 0 Å². The largest absolute Gasteiger partial charge is 0.573 e. The van der Waals surface area contributed by atoms with Crippen molar-refractivity contribution in [2.24, 2.45) is 10.2 Å². The fourth-order valence-corrected chi connectivity index (χ4v) is 5.08. The average molecular weight is 613 g/mol. The van der Waals surface area contributed by atoms with Crippen molar-refractivity contribution in [2.45, 2.75) is 27.1 Å². The number of amidine groups is 1. The molecule has 13 heteroatoms. The number of hydrogen-bond acceptors (Lipinski definition) is 8. The molecule has 0 spiro atoms. The summed E-state index contributed by atoms with van der Waals surface area (Å²) < 4.78 is 48.0. The number of hydrogen-bond donors (Lipinski definition) is 1. The zero-order valence-electron chi connectivity index (χ0n) is 24.0. The summed E-state index contributed by atoms with van der Waals surface area (Å²) in [4.78, 5) is 6.39. The number of aryl methyl sites for hydroxylation is 2. The van der Waals surface area contributed by atoms with Crippen LogP contribution in [-0.2, 0) is 0 Å². The molecule has 0 aliphatic rings. The maximum atomic E-state index is 12.4. The van der Waals surface area contributed by atoms with Crippen LogP contribution in [0.5, 0.6) is 11.5 Å². The second-order valence-corrected chi connectivity index (χ2v) is 10.3. The molecule has 0 saturated carbocycles. The van der Waals surface area contributed by atoms with Crippen molar-refractivity contribution in [1.82, 2.24) is 14.8 Å². The van der Waals surface area contributed by atoms with Gasteiger partial charge in [0.05, 0.1) is 25.6 Å². The van der Waals surface area contributed by atoms with E-state index in [0.29, 0.717) is 29.0 Å². The highest BCUT2D eigenvalue weighted by Crippen LogP contribution is 2.31. The van der Waals surface area contributed by atoms with Gasteiger partial charge in [-0.05, 0) is 73.9 Å². The second-order valence-electron chi connectivity index (χ2n) is 9.23. The maximum absolute atomic E-state index is 12.4. The number of aliphatic hydroxyl groups is 1. The van der Waals surface area contributed by atoms with Gasteiger partial charge in [-0.3, -0.25) is 0 Å².